The molecule has 0 heterocycles. The monoisotopic (exact) mass is 761 g/mol. The van der Waals surface area contributed by atoms with Crippen molar-refractivity contribution in [1.29, 1.82) is 0 Å². The van der Waals surface area contributed by atoms with Crippen molar-refractivity contribution in [3.05, 3.63) is 244 Å². The van der Waals surface area contributed by atoms with E-state index in [9.17, 15) is 4.39 Å². The van der Waals surface area contributed by atoms with Gasteiger partial charge in [0.25, 0.3) is 0 Å². The van der Waals surface area contributed by atoms with Crippen LogP contribution in [0.5, 0.6) is 0 Å². The third-order valence-corrected chi connectivity index (χ3v) is 13.6. The smallest absolute Gasteiger partial charge is 0.123 e. The first-order valence-electron chi connectivity index (χ1n) is 20.7. The summed E-state index contributed by atoms with van der Waals surface area (Å²) < 4.78 is 14.5. The summed E-state index contributed by atoms with van der Waals surface area (Å²) in [4.78, 5) is 2.26. The maximum atomic E-state index is 14.5. The van der Waals surface area contributed by atoms with Gasteiger partial charge in [-0.25, -0.2) is 4.39 Å². The number of rotatable bonds is 6. The second kappa shape index (κ2) is 12.9. The molecule has 0 spiro atoms. The molecule has 8 aromatic rings. The minimum Gasteiger partial charge on any atom is -0.310 e. The third-order valence-electron chi connectivity index (χ3n) is 13.6. The molecule has 0 amide bonds. The lowest BCUT2D eigenvalue weighted by atomic mass is 9.67. The Morgan fingerprint density at radius 1 is 0.356 bits per heavy atom. The molecule has 0 saturated carbocycles. The number of halogens is 1. The van der Waals surface area contributed by atoms with Gasteiger partial charge in [0.2, 0.25) is 0 Å². The summed E-state index contributed by atoms with van der Waals surface area (Å²) in [6.45, 7) is 9.53. The van der Waals surface area contributed by atoms with Crippen molar-refractivity contribution in [2.45, 2.75) is 43.9 Å². The Labute approximate surface area is 346 Å². The highest BCUT2D eigenvalue weighted by atomic mass is 19.1. The molecule has 0 unspecified atom stereocenters. The molecule has 0 N–H and O–H groups in total. The lowest BCUT2D eigenvalue weighted by molar-refractivity contribution is 0.628. The van der Waals surface area contributed by atoms with E-state index in [0.717, 1.165) is 22.6 Å². The second-order valence-electron chi connectivity index (χ2n) is 17.4. The summed E-state index contributed by atoms with van der Waals surface area (Å²) in [5, 5.41) is 0. The zero-order chi connectivity index (χ0) is 40.1. The molecule has 0 atom stereocenters. The van der Waals surface area contributed by atoms with Gasteiger partial charge in [0.15, 0.2) is 0 Å². The highest BCUT2D eigenvalue weighted by Gasteiger charge is 2.50. The molecule has 8 aromatic carbocycles. The van der Waals surface area contributed by atoms with E-state index < -0.39 is 5.41 Å². The number of nitrogens with zero attached hydrogens (tertiary/aromatic N) is 1. The molecule has 0 aromatic heterocycles. The highest BCUT2D eigenvalue weighted by Crippen LogP contribution is 2.63. The van der Waals surface area contributed by atoms with Crippen molar-refractivity contribution in [3.8, 4) is 22.3 Å². The van der Waals surface area contributed by atoms with Crippen molar-refractivity contribution in [2.24, 2.45) is 0 Å². The van der Waals surface area contributed by atoms with Crippen molar-refractivity contribution in [1.82, 2.24) is 0 Å². The van der Waals surface area contributed by atoms with Crippen LogP contribution in [0.3, 0.4) is 0 Å². The summed E-state index contributed by atoms with van der Waals surface area (Å²) in [6, 6.07) is 69.2. The van der Waals surface area contributed by atoms with Crippen LogP contribution < -0.4 is 4.90 Å². The molecule has 59 heavy (non-hydrogen) atoms. The van der Waals surface area contributed by atoms with Gasteiger partial charge in [-0.1, -0.05) is 167 Å². The predicted octanol–water partition coefficient (Wildman–Crippen LogP) is 14.8. The van der Waals surface area contributed by atoms with Gasteiger partial charge in [-0.05, 0) is 133 Å². The van der Waals surface area contributed by atoms with Crippen molar-refractivity contribution < 1.29 is 4.39 Å². The van der Waals surface area contributed by atoms with E-state index in [-0.39, 0.29) is 16.6 Å². The van der Waals surface area contributed by atoms with Gasteiger partial charge in [-0.2, -0.15) is 0 Å². The van der Waals surface area contributed by atoms with Gasteiger partial charge < -0.3 is 4.90 Å². The average Bonchev–Trinajstić information content (AvgIpc) is 3.81. The average molecular weight is 762 g/mol. The number of benzene rings is 8. The van der Waals surface area contributed by atoms with Crippen LogP contribution in [-0.4, -0.2) is 0 Å². The first-order chi connectivity index (χ1) is 28.7. The van der Waals surface area contributed by atoms with Crippen LogP contribution >= 0.6 is 0 Å². The molecule has 2 heteroatoms. The van der Waals surface area contributed by atoms with Gasteiger partial charge in [0.1, 0.15) is 5.82 Å². The van der Waals surface area contributed by atoms with E-state index in [2.05, 4.69) is 202 Å². The Hall–Kier alpha value is -6.77. The number of fused-ring (bicyclic) bond motifs is 7. The SMILES string of the molecule is CC1(C)C2=C(c3ccccc31)C(C)(C)c1cc(-c3ccc(N(c4ccc(F)cc4)c4ccc5c(c4)C(c4ccccc4)(c4ccccc4)c4ccccc4-5)cc3)ccc12. The molecular weight excluding hydrogens is 718 g/mol. The van der Waals surface area contributed by atoms with Crippen LogP contribution in [0.2, 0.25) is 0 Å². The Morgan fingerprint density at radius 2 is 0.814 bits per heavy atom. The minimum absolute atomic E-state index is 0.0520. The van der Waals surface area contributed by atoms with Crippen LogP contribution in [0.1, 0.15) is 72.2 Å². The number of anilines is 3. The van der Waals surface area contributed by atoms with E-state index in [1.165, 1.54) is 72.3 Å². The molecule has 0 radical (unpaired) electrons. The fraction of sp³-hybridized carbons (Fsp3) is 0.123. The first-order valence-corrected chi connectivity index (χ1v) is 20.7. The van der Waals surface area contributed by atoms with Crippen LogP contribution in [0.15, 0.2) is 194 Å². The molecular formula is C57H44FN. The lowest BCUT2D eigenvalue weighted by Gasteiger charge is -2.35. The number of hydrogen-bond acceptors (Lipinski definition) is 1. The van der Waals surface area contributed by atoms with Gasteiger partial charge in [0.05, 0.1) is 5.41 Å². The minimum atomic E-state index is -0.531. The summed E-state index contributed by atoms with van der Waals surface area (Å²) in [5.74, 6) is -0.257. The van der Waals surface area contributed by atoms with Gasteiger partial charge in [0, 0.05) is 27.9 Å². The van der Waals surface area contributed by atoms with Gasteiger partial charge in [-0.3, -0.25) is 0 Å². The van der Waals surface area contributed by atoms with Crippen LogP contribution in [0.4, 0.5) is 21.5 Å². The topological polar surface area (TPSA) is 3.24 Å². The fourth-order valence-electron chi connectivity index (χ4n) is 11.0. The Kier molecular flexibility index (Phi) is 7.72. The van der Waals surface area contributed by atoms with E-state index in [1.54, 1.807) is 12.1 Å². The normalized spacial score (nSPS) is 15.9. The first kappa shape index (κ1) is 35.4. The fourth-order valence-corrected chi connectivity index (χ4v) is 11.0. The molecule has 0 saturated heterocycles. The zero-order valence-electron chi connectivity index (χ0n) is 33.8. The largest absolute Gasteiger partial charge is 0.310 e. The molecule has 3 aliphatic carbocycles. The van der Waals surface area contributed by atoms with E-state index in [1.807, 2.05) is 12.1 Å². The van der Waals surface area contributed by atoms with E-state index in [4.69, 9.17) is 0 Å². The van der Waals surface area contributed by atoms with Crippen molar-refractivity contribution >= 4 is 28.2 Å². The maximum Gasteiger partial charge on any atom is 0.123 e. The highest BCUT2D eigenvalue weighted by molar-refractivity contribution is 6.09. The summed E-state index contributed by atoms with van der Waals surface area (Å²) >= 11 is 0. The summed E-state index contributed by atoms with van der Waals surface area (Å²) in [6.07, 6.45) is 0. The summed E-state index contributed by atoms with van der Waals surface area (Å²) in [5.41, 5.74) is 20.5. The van der Waals surface area contributed by atoms with Crippen LogP contribution in [0, 0.1) is 5.82 Å². The van der Waals surface area contributed by atoms with E-state index >= 15 is 0 Å². The van der Waals surface area contributed by atoms with Crippen molar-refractivity contribution in [3.63, 3.8) is 0 Å². The number of hydrogen-bond donors (Lipinski definition) is 0. The molecule has 284 valence electrons. The molecule has 0 aliphatic heterocycles. The standard InChI is InChI=1S/C57H44FN/c1-55(2)49-21-13-12-20-47(49)53-54(55)48-33-25-38(35-51(48)56(53,3)4)37-23-28-42(29-24-37)59(43-30-26-41(58)27-31-43)44-32-34-46-45-19-11-14-22-50(45)57(52(46)36-44,39-15-7-5-8-16-39)40-17-9-6-10-18-40/h5-36H,1-4H3. The van der Waals surface area contributed by atoms with Gasteiger partial charge in [-0.15, -0.1) is 0 Å². The third kappa shape index (κ3) is 5.02. The van der Waals surface area contributed by atoms with Crippen LogP contribution in [-0.2, 0) is 16.2 Å². The maximum absolute atomic E-state index is 14.5. The lowest BCUT2D eigenvalue weighted by Crippen LogP contribution is -2.28. The van der Waals surface area contributed by atoms with Crippen molar-refractivity contribution in [2.75, 3.05) is 4.90 Å². The summed E-state index contributed by atoms with van der Waals surface area (Å²) in [7, 11) is 0. The predicted molar refractivity (Wildman–Crippen MR) is 243 cm³/mol. The quantitative estimate of drug-likeness (QED) is 0.163. The molecule has 3 aliphatic rings. The molecule has 0 bridgehead atoms. The second-order valence-corrected chi connectivity index (χ2v) is 17.4. The zero-order valence-corrected chi connectivity index (χ0v) is 33.8. The Morgan fingerprint density at radius 3 is 1.46 bits per heavy atom. The molecule has 0 fully saturated rings. The van der Waals surface area contributed by atoms with Gasteiger partial charge >= 0.3 is 0 Å². The molecule has 1 nitrogen and oxygen atoms in total. The number of allylic oxidation sites excluding steroid dienone is 2. The molecule has 11 rings (SSSR count). The van der Waals surface area contributed by atoms with Crippen LogP contribution in [0.25, 0.3) is 33.4 Å². The Balaban J connectivity index is 1.03. The van der Waals surface area contributed by atoms with E-state index in [0.29, 0.717) is 0 Å². The Bertz CT molecular complexity index is 2930.